The van der Waals surface area contributed by atoms with E-state index in [0.717, 1.165) is 16.7 Å². The summed E-state index contributed by atoms with van der Waals surface area (Å²) in [7, 11) is 0. The second kappa shape index (κ2) is 6.28. The zero-order chi connectivity index (χ0) is 16.6. The van der Waals surface area contributed by atoms with Crippen molar-refractivity contribution in [1.82, 2.24) is 0 Å². The van der Waals surface area contributed by atoms with E-state index in [1.807, 2.05) is 0 Å². The molecule has 1 fully saturated rings. The van der Waals surface area contributed by atoms with E-state index < -0.39 is 11.1 Å². The smallest absolute Gasteiger partial charge is 0.298 e. The van der Waals surface area contributed by atoms with Gasteiger partial charge in [0.05, 0.1) is 10.6 Å². The highest BCUT2D eigenvalue weighted by Gasteiger charge is 2.36. The van der Waals surface area contributed by atoms with Crippen molar-refractivity contribution in [2.24, 2.45) is 0 Å². The van der Waals surface area contributed by atoms with Gasteiger partial charge in [-0.15, -0.1) is 0 Å². The first-order valence-electron chi connectivity index (χ1n) is 6.48. The molecule has 1 saturated heterocycles. The number of amides is 2. The summed E-state index contributed by atoms with van der Waals surface area (Å²) in [4.78, 5) is 25.9. The molecule has 4 nitrogen and oxygen atoms in total. The van der Waals surface area contributed by atoms with Gasteiger partial charge >= 0.3 is 0 Å². The summed E-state index contributed by atoms with van der Waals surface area (Å²) < 4.78 is 0. The minimum atomic E-state index is -0.457. The van der Waals surface area contributed by atoms with Crippen LogP contribution in [0.5, 0.6) is 5.75 Å². The number of hydrogen-bond donors (Lipinski definition) is 1. The minimum Gasteiger partial charge on any atom is -0.507 e. The second-order valence-corrected chi connectivity index (χ2v) is 6.56. The Morgan fingerprint density at radius 3 is 2.35 bits per heavy atom. The summed E-state index contributed by atoms with van der Waals surface area (Å²) in [5, 5.41) is 10.3. The topological polar surface area (TPSA) is 57.6 Å². The van der Waals surface area contributed by atoms with E-state index in [2.05, 4.69) is 0 Å². The molecule has 1 aliphatic heterocycles. The lowest BCUT2D eigenvalue weighted by atomic mass is 10.2. The molecular weight excluding hydrogens is 357 g/mol. The zero-order valence-electron chi connectivity index (χ0n) is 11.5. The number of aromatic hydroxyl groups is 1. The summed E-state index contributed by atoms with van der Waals surface area (Å²) in [6.07, 6.45) is 1.45. The van der Waals surface area contributed by atoms with Crippen LogP contribution < -0.4 is 4.90 Å². The standard InChI is InChI=1S/C16H9Cl2NO3S/c17-10-1-4-12(5-2-10)19-15(21)14(23-16(19)22)8-9-7-11(18)3-6-13(9)20/h1-8,20H/b14-8+. The van der Waals surface area contributed by atoms with Gasteiger partial charge in [0, 0.05) is 15.6 Å². The molecule has 0 aliphatic carbocycles. The third-order valence-electron chi connectivity index (χ3n) is 3.15. The van der Waals surface area contributed by atoms with Crippen LogP contribution in [-0.4, -0.2) is 16.3 Å². The molecule has 2 amide bonds. The fourth-order valence-corrected chi connectivity index (χ4v) is 3.20. The lowest BCUT2D eigenvalue weighted by Gasteiger charge is -2.12. The van der Waals surface area contributed by atoms with Crippen LogP contribution in [-0.2, 0) is 4.79 Å². The van der Waals surface area contributed by atoms with Crippen molar-refractivity contribution in [3.05, 3.63) is 63.0 Å². The van der Waals surface area contributed by atoms with Crippen molar-refractivity contribution in [2.45, 2.75) is 0 Å². The number of carbonyl (C=O) groups excluding carboxylic acids is 2. The van der Waals surface area contributed by atoms with Crippen LogP contribution in [0.3, 0.4) is 0 Å². The normalized spacial score (nSPS) is 16.4. The van der Waals surface area contributed by atoms with Crippen molar-refractivity contribution in [3.8, 4) is 5.75 Å². The highest BCUT2D eigenvalue weighted by molar-refractivity contribution is 8.19. The minimum absolute atomic E-state index is 0.0207. The maximum absolute atomic E-state index is 12.5. The molecule has 1 heterocycles. The molecule has 0 unspecified atom stereocenters. The molecule has 2 aromatic rings. The Morgan fingerprint density at radius 1 is 1.00 bits per heavy atom. The number of phenols is 1. The SMILES string of the molecule is O=C1S/C(=C/c2cc(Cl)ccc2O)C(=O)N1c1ccc(Cl)cc1. The van der Waals surface area contributed by atoms with Crippen molar-refractivity contribution in [2.75, 3.05) is 4.90 Å². The largest absolute Gasteiger partial charge is 0.507 e. The number of carbonyl (C=O) groups is 2. The number of hydrogen-bond acceptors (Lipinski definition) is 4. The summed E-state index contributed by atoms with van der Waals surface area (Å²) in [6.45, 7) is 0. The Balaban J connectivity index is 1.96. The summed E-state index contributed by atoms with van der Waals surface area (Å²) >= 11 is 12.5. The first-order valence-corrected chi connectivity index (χ1v) is 8.05. The first kappa shape index (κ1) is 15.9. The van der Waals surface area contributed by atoms with Gasteiger partial charge in [0.2, 0.25) is 0 Å². The summed E-state index contributed by atoms with van der Waals surface area (Å²) in [6, 6.07) is 10.9. The van der Waals surface area contributed by atoms with Gasteiger partial charge in [-0.1, -0.05) is 23.2 Å². The third kappa shape index (κ3) is 3.22. The van der Waals surface area contributed by atoms with Gasteiger partial charge in [0.25, 0.3) is 11.1 Å². The molecule has 0 saturated carbocycles. The number of halogens is 2. The molecule has 116 valence electrons. The molecule has 0 atom stereocenters. The van der Waals surface area contributed by atoms with E-state index in [1.165, 1.54) is 24.3 Å². The van der Waals surface area contributed by atoms with E-state index >= 15 is 0 Å². The Hall–Kier alpha value is -1.95. The number of thioether (sulfide) groups is 1. The molecule has 0 radical (unpaired) electrons. The van der Waals surface area contributed by atoms with Gasteiger partial charge < -0.3 is 5.11 Å². The van der Waals surface area contributed by atoms with E-state index in [9.17, 15) is 14.7 Å². The van der Waals surface area contributed by atoms with Crippen molar-refractivity contribution in [3.63, 3.8) is 0 Å². The number of anilines is 1. The molecular formula is C16H9Cl2NO3S. The second-order valence-electron chi connectivity index (χ2n) is 4.70. The van der Waals surface area contributed by atoms with Gasteiger partial charge in [0.1, 0.15) is 5.75 Å². The quantitative estimate of drug-likeness (QED) is 0.765. The van der Waals surface area contributed by atoms with Crippen molar-refractivity contribution >= 4 is 57.9 Å². The lowest BCUT2D eigenvalue weighted by Crippen LogP contribution is -2.27. The van der Waals surface area contributed by atoms with Crippen LogP contribution in [0, 0.1) is 0 Å². The monoisotopic (exact) mass is 365 g/mol. The maximum atomic E-state index is 12.5. The van der Waals surface area contributed by atoms with Crippen molar-refractivity contribution < 1.29 is 14.7 Å². The number of nitrogens with zero attached hydrogens (tertiary/aromatic N) is 1. The number of phenolic OH excluding ortho intramolecular Hbond substituents is 1. The Labute approximate surface area is 146 Å². The molecule has 1 N–H and O–H groups in total. The highest BCUT2D eigenvalue weighted by Crippen LogP contribution is 2.37. The van der Waals surface area contributed by atoms with Gasteiger partial charge in [-0.25, -0.2) is 4.90 Å². The van der Waals surface area contributed by atoms with Crippen LogP contribution in [0.1, 0.15) is 5.56 Å². The zero-order valence-corrected chi connectivity index (χ0v) is 13.8. The molecule has 2 aromatic carbocycles. The molecule has 23 heavy (non-hydrogen) atoms. The number of imide groups is 1. The molecule has 1 aliphatic rings. The van der Waals surface area contributed by atoms with Crippen LogP contribution in [0.15, 0.2) is 47.4 Å². The molecule has 0 spiro atoms. The van der Waals surface area contributed by atoms with Crippen LogP contribution in [0.4, 0.5) is 10.5 Å². The average Bonchev–Trinajstić information content (AvgIpc) is 2.79. The molecule has 7 heteroatoms. The number of rotatable bonds is 2. The molecule has 0 bridgehead atoms. The molecule has 3 rings (SSSR count). The Kier molecular flexibility index (Phi) is 4.35. The van der Waals surface area contributed by atoms with Crippen LogP contribution in [0.2, 0.25) is 10.0 Å². The van der Waals surface area contributed by atoms with Crippen LogP contribution >= 0.6 is 35.0 Å². The van der Waals surface area contributed by atoms with Crippen LogP contribution in [0.25, 0.3) is 6.08 Å². The van der Waals surface area contributed by atoms with Gasteiger partial charge in [-0.05, 0) is 60.3 Å². The van der Waals surface area contributed by atoms with Crippen molar-refractivity contribution in [1.29, 1.82) is 0 Å². The van der Waals surface area contributed by atoms with E-state index in [0.29, 0.717) is 21.3 Å². The summed E-state index contributed by atoms with van der Waals surface area (Å²) in [5.41, 5.74) is 0.815. The fourth-order valence-electron chi connectivity index (χ4n) is 2.06. The van der Waals surface area contributed by atoms with Gasteiger partial charge in [0.15, 0.2) is 0 Å². The number of benzene rings is 2. The first-order chi connectivity index (χ1) is 11.0. The van der Waals surface area contributed by atoms with Gasteiger partial charge in [-0.3, -0.25) is 9.59 Å². The lowest BCUT2D eigenvalue weighted by molar-refractivity contribution is -0.113. The Bertz CT molecular complexity index is 834. The predicted octanol–water partition coefficient (Wildman–Crippen LogP) is 4.94. The van der Waals surface area contributed by atoms with Gasteiger partial charge in [-0.2, -0.15) is 0 Å². The highest BCUT2D eigenvalue weighted by atomic mass is 35.5. The average molecular weight is 366 g/mol. The van der Waals surface area contributed by atoms with E-state index in [4.69, 9.17) is 23.2 Å². The van der Waals surface area contributed by atoms with E-state index in [-0.39, 0.29) is 10.7 Å². The third-order valence-corrected chi connectivity index (χ3v) is 4.51. The predicted molar refractivity (Wildman–Crippen MR) is 93.0 cm³/mol. The molecule has 0 aromatic heterocycles. The summed E-state index contributed by atoms with van der Waals surface area (Å²) in [5.74, 6) is -0.477. The van der Waals surface area contributed by atoms with E-state index in [1.54, 1.807) is 24.3 Å². The Morgan fingerprint density at radius 2 is 1.65 bits per heavy atom. The maximum Gasteiger partial charge on any atom is 0.298 e. The fraction of sp³-hybridized carbons (Fsp3) is 0.